The molecule has 98 valence electrons. The van der Waals surface area contributed by atoms with Crippen LogP contribution in [0.15, 0.2) is 0 Å². The standard InChI is InChI=1S/C10H21F3N2O/c1-4-5-14-6-9(7-16-3)15(2)8-10(11,12)13/h9,14H,4-8H2,1-3H3. The largest absolute Gasteiger partial charge is 0.401 e. The first-order valence-corrected chi connectivity index (χ1v) is 5.37. The van der Waals surface area contributed by atoms with Crippen LogP contribution in [0.25, 0.3) is 0 Å². The fourth-order valence-corrected chi connectivity index (χ4v) is 1.39. The highest BCUT2D eigenvalue weighted by Crippen LogP contribution is 2.16. The Labute approximate surface area is 94.9 Å². The topological polar surface area (TPSA) is 24.5 Å². The number of halogens is 3. The quantitative estimate of drug-likeness (QED) is 0.653. The predicted octanol–water partition coefficient (Wildman–Crippen LogP) is 1.50. The molecule has 0 radical (unpaired) electrons. The smallest absolute Gasteiger partial charge is 0.383 e. The maximum Gasteiger partial charge on any atom is 0.401 e. The molecule has 0 aromatic rings. The lowest BCUT2D eigenvalue weighted by atomic mass is 10.2. The van der Waals surface area contributed by atoms with Crippen LogP contribution < -0.4 is 5.32 Å². The maximum atomic E-state index is 12.2. The van der Waals surface area contributed by atoms with E-state index in [1.807, 2.05) is 6.92 Å². The van der Waals surface area contributed by atoms with Gasteiger partial charge in [-0.2, -0.15) is 13.2 Å². The number of hydrogen-bond acceptors (Lipinski definition) is 3. The summed E-state index contributed by atoms with van der Waals surface area (Å²) in [6, 6.07) is -0.252. The molecule has 0 fully saturated rings. The normalized spacial score (nSPS) is 14.4. The highest BCUT2D eigenvalue weighted by molar-refractivity contribution is 4.73. The Morgan fingerprint density at radius 2 is 2.00 bits per heavy atom. The highest BCUT2D eigenvalue weighted by atomic mass is 19.4. The van der Waals surface area contributed by atoms with Crippen molar-refractivity contribution in [3.8, 4) is 0 Å². The van der Waals surface area contributed by atoms with Crippen molar-refractivity contribution in [3.63, 3.8) is 0 Å². The van der Waals surface area contributed by atoms with Crippen LogP contribution in [-0.4, -0.2) is 57.5 Å². The first kappa shape index (κ1) is 15.7. The van der Waals surface area contributed by atoms with Gasteiger partial charge in [0.25, 0.3) is 0 Å². The molecule has 1 atom stereocenters. The van der Waals surface area contributed by atoms with E-state index in [4.69, 9.17) is 4.74 Å². The van der Waals surface area contributed by atoms with E-state index < -0.39 is 12.7 Å². The molecule has 6 heteroatoms. The van der Waals surface area contributed by atoms with Gasteiger partial charge in [-0.05, 0) is 20.0 Å². The van der Waals surface area contributed by atoms with Gasteiger partial charge in [0.05, 0.1) is 13.2 Å². The average Bonchev–Trinajstić information content (AvgIpc) is 2.14. The van der Waals surface area contributed by atoms with Crippen LogP contribution in [0.1, 0.15) is 13.3 Å². The summed E-state index contributed by atoms with van der Waals surface area (Å²) in [5.74, 6) is 0. The summed E-state index contributed by atoms with van der Waals surface area (Å²) in [5.41, 5.74) is 0. The molecule has 0 aromatic heterocycles. The van der Waals surface area contributed by atoms with E-state index in [0.29, 0.717) is 13.2 Å². The fourth-order valence-electron chi connectivity index (χ4n) is 1.39. The van der Waals surface area contributed by atoms with Crippen LogP contribution in [0.5, 0.6) is 0 Å². The van der Waals surface area contributed by atoms with Crippen molar-refractivity contribution in [1.29, 1.82) is 0 Å². The molecule has 0 saturated carbocycles. The van der Waals surface area contributed by atoms with Crippen molar-refractivity contribution in [2.45, 2.75) is 25.6 Å². The fraction of sp³-hybridized carbons (Fsp3) is 1.00. The van der Waals surface area contributed by atoms with Crippen LogP contribution in [0.3, 0.4) is 0 Å². The second-order valence-corrected chi connectivity index (χ2v) is 3.84. The number of methoxy groups -OCH3 is 1. The van der Waals surface area contributed by atoms with Crippen LogP contribution in [0, 0.1) is 0 Å². The summed E-state index contributed by atoms with van der Waals surface area (Å²) < 4.78 is 41.5. The van der Waals surface area contributed by atoms with E-state index in [9.17, 15) is 13.2 Å². The summed E-state index contributed by atoms with van der Waals surface area (Å²) in [5, 5.41) is 3.10. The van der Waals surface area contributed by atoms with Gasteiger partial charge in [0.1, 0.15) is 0 Å². The monoisotopic (exact) mass is 242 g/mol. The second kappa shape index (κ2) is 7.86. The Balaban J connectivity index is 4.07. The van der Waals surface area contributed by atoms with Crippen LogP contribution in [0.4, 0.5) is 13.2 Å². The van der Waals surface area contributed by atoms with E-state index in [1.165, 1.54) is 19.1 Å². The molecule has 1 unspecified atom stereocenters. The number of nitrogens with one attached hydrogen (secondary N) is 1. The van der Waals surface area contributed by atoms with Crippen molar-refractivity contribution in [2.24, 2.45) is 0 Å². The zero-order chi connectivity index (χ0) is 12.6. The molecule has 0 amide bonds. The molecule has 0 saturated heterocycles. The van der Waals surface area contributed by atoms with Gasteiger partial charge in [0.2, 0.25) is 0 Å². The number of rotatable bonds is 8. The van der Waals surface area contributed by atoms with E-state index in [1.54, 1.807) is 0 Å². The summed E-state index contributed by atoms with van der Waals surface area (Å²) in [4.78, 5) is 1.27. The van der Waals surface area contributed by atoms with Gasteiger partial charge in [0.15, 0.2) is 0 Å². The molecule has 1 N–H and O–H groups in total. The lowest BCUT2D eigenvalue weighted by molar-refractivity contribution is -0.149. The zero-order valence-corrected chi connectivity index (χ0v) is 10.1. The van der Waals surface area contributed by atoms with Crippen molar-refractivity contribution in [1.82, 2.24) is 10.2 Å². The van der Waals surface area contributed by atoms with E-state index in [-0.39, 0.29) is 6.04 Å². The molecule has 3 nitrogen and oxygen atoms in total. The average molecular weight is 242 g/mol. The Morgan fingerprint density at radius 3 is 2.44 bits per heavy atom. The van der Waals surface area contributed by atoms with Gasteiger partial charge >= 0.3 is 6.18 Å². The molecular formula is C10H21F3N2O. The molecule has 0 rings (SSSR count). The molecule has 0 aliphatic carbocycles. The summed E-state index contributed by atoms with van der Waals surface area (Å²) in [6.07, 6.45) is -3.20. The first-order valence-electron chi connectivity index (χ1n) is 5.37. The Morgan fingerprint density at radius 1 is 1.38 bits per heavy atom. The molecule has 0 aliphatic heterocycles. The van der Waals surface area contributed by atoms with E-state index in [0.717, 1.165) is 13.0 Å². The third-order valence-corrected chi connectivity index (χ3v) is 2.22. The number of alkyl halides is 3. The van der Waals surface area contributed by atoms with Gasteiger partial charge in [-0.1, -0.05) is 6.92 Å². The Hall–Kier alpha value is -0.330. The summed E-state index contributed by atoms with van der Waals surface area (Å²) in [7, 11) is 2.96. The van der Waals surface area contributed by atoms with E-state index in [2.05, 4.69) is 5.32 Å². The molecule has 0 aromatic carbocycles. The molecule has 16 heavy (non-hydrogen) atoms. The van der Waals surface area contributed by atoms with Crippen LogP contribution in [0.2, 0.25) is 0 Å². The van der Waals surface area contributed by atoms with Gasteiger partial charge < -0.3 is 10.1 Å². The van der Waals surface area contributed by atoms with Crippen molar-refractivity contribution < 1.29 is 17.9 Å². The minimum absolute atomic E-state index is 0.252. The SMILES string of the molecule is CCCNCC(COC)N(C)CC(F)(F)F. The Kier molecular flexibility index (Phi) is 7.70. The van der Waals surface area contributed by atoms with Gasteiger partial charge in [-0.25, -0.2) is 0 Å². The van der Waals surface area contributed by atoms with Gasteiger partial charge in [-0.15, -0.1) is 0 Å². The summed E-state index contributed by atoms with van der Waals surface area (Å²) >= 11 is 0. The first-order chi connectivity index (χ1) is 7.40. The zero-order valence-electron chi connectivity index (χ0n) is 10.1. The van der Waals surface area contributed by atoms with Gasteiger partial charge in [-0.3, -0.25) is 4.90 Å². The molecule has 0 aliphatic rings. The maximum absolute atomic E-state index is 12.2. The number of ether oxygens (including phenoxy) is 1. The minimum Gasteiger partial charge on any atom is -0.383 e. The number of likely N-dealkylation sites (N-methyl/N-ethyl adjacent to an activating group) is 1. The molecule has 0 spiro atoms. The minimum atomic E-state index is -4.16. The molecule has 0 heterocycles. The highest BCUT2D eigenvalue weighted by Gasteiger charge is 2.31. The Bertz CT molecular complexity index is 176. The number of nitrogens with zero attached hydrogens (tertiary/aromatic N) is 1. The van der Waals surface area contributed by atoms with Crippen molar-refractivity contribution >= 4 is 0 Å². The summed E-state index contributed by atoms with van der Waals surface area (Å²) in [6.45, 7) is 2.71. The van der Waals surface area contributed by atoms with Crippen LogP contribution >= 0.6 is 0 Å². The van der Waals surface area contributed by atoms with Crippen molar-refractivity contribution in [2.75, 3.05) is 40.4 Å². The lowest BCUT2D eigenvalue weighted by Gasteiger charge is -2.28. The molecular weight excluding hydrogens is 221 g/mol. The van der Waals surface area contributed by atoms with Crippen LogP contribution in [-0.2, 0) is 4.74 Å². The third kappa shape index (κ3) is 7.90. The lowest BCUT2D eigenvalue weighted by Crippen LogP contribution is -2.46. The second-order valence-electron chi connectivity index (χ2n) is 3.84. The van der Waals surface area contributed by atoms with Gasteiger partial charge in [0, 0.05) is 19.7 Å². The third-order valence-electron chi connectivity index (χ3n) is 2.22. The molecule has 0 bridgehead atoms. The van der Waals surface area contributed by atoms with Crippen molar-refractivity contribution in [3.05, 3.63) is 0 Å². The van der Waals surface area contributed by atoms with E-state index >= 15 is 0 Å². The predicted molar refractivity (Wildman–Crippen MR) is 57.5 cm³/mol. The number of hydrogen-bond donors (Lipinski definition) is 1.